The van der Waals surface area contributed by atoms with Crippen LogP contribution in [-0.2, 0) is 0 Å². The zero-order valence-electron chi connectivity index (χ0n) is 11.3. The van der Waals surface area contributed by atoms with Crippen molar-refractivity contribution in [2.75, 3.05) is 5.32 Å². The number of hydrogen-bond donors (Lipinski definition) is 1. The second-order valence-electron chi connectivity index (χ2n) is 4.60. The average Bonchev–Trinajstić information content (AvgIpc) is 2.48. The van der Waals surface area contributed by atoms with Gasteiger partial charge >= 0.3 is 5.63 Å². The van der Waals surface area contributed by atoms with Gasteiger partial charge in [0.15, 0.2) is 0 Å². The van der Waals surface area contributed by atoms with Crippen molar-refractivity contribution in [3.05, 3.63) is 70.3 Å². The minimum atomic E-state index is -0.588. The highest BCUT2D eigenvalue weighted by atomic mass is 16.4. The summed E-state index contributed by atoms with van der Waals surface area (Å²) in [5, 5.41) is 3.28. The predicted molar refractivity (Wildman–Crippen MR) is 79.4 cm³/mol. The van der Waals surface area contributed by atoms with Gasteiger partial charge in [0.05, 0.1) is 0 Å². The number of rotatable bonds is 2. The fourth-order valence-electron chi connectivity index (χ4n) is 2.00. The molecule has 2 aromatic heterocycles. The van der Waals surface area contributed by atoms with Gasteiger partial charge in [-0.15, -0.1) is 0 Å². The molecule has 0 unspecified atom stereocenters. The number of amides is 1. The molecule has 0 saturated heterocycles. The number of carbonyl (C=O) groups excluding carboxylic acids is 1. The number of anilines is 1. The van der Waals surface area contributed by atoms with Gasteiger partial charge in [-0.25, -0.2) is 9.78 Å². The van der Waals surface area contributed by atoms with Gasteiger partial charge in [0.1, 0.15) is 17.0 Å². The van der Waals surface area contributed by atoms with E-state index in [1.807, 2.05) is 6.07 Å². The minimum absolute atomic E-state index is 0.0991. The van der Waals surface area contributed by atoms with E-state index >= 15 is 0 Å². The maximum Gasteiger partial charge on any atom is 0.360 e. The summed E-state index contributed by atoms with van der Waals surface area (Å²) >= 11 is 0. The first-order valence-electron chi connectivity index (χ1n) is 6.41. The van der Waals surface area contributed by atoms with Crippen LogP contribution in [0.15, 0.2) is 57.7 Å². The summed E-state index contributed by atoms with van der Waals surface area (Å²) in [6.45, 7) is 1.79. The molecule has 0 aliphatic heterocycles. The SMILES string of the molecule is Cc1cccc(C(=O)Nc2cc3ccccc3oc2=O)n1. The molecule has 1 aromatic carbocycles. The van der Waals surface area contributed by atoms with E-state index in [0.29, 0.717) is 5.58 Å². The molecular formula is C16H12N2O3. The lowest BCUT2D eigenvalue weighted by molar-refractivity contribution is 0.102. The predicted octanol–water partition coefficient (Wildman–Crippen LogP) is 2.75. The molecule has 3 aromatic rings. The van der Waals surface area contributed by atoms with Gasteiger partial charge in [-0.2, -0.15) is 0 Å². The van der Waals surface area contributed by atoms with Crippen molar-refractivity contribution in [3.8, 4) is 0 Å². The second-order valence-corrected chi connectivity index (χ2v) is 4.60. The first-order chi connectivity index (χ1) is 10.1. The number of benzene rings is 1. The molecule has 3 rings (SSSR count). The Kier molecular flexibility index (Phi) is 3.23. The molecule has 0 spiro atoms. The van der Waals surface area contributed by atoms with Gasteiger partial charge in [0, 0.05) is 11.1 Å². The van der Waals surface area contributed by atoms with Gasteiger partial charge in [-0.3, -0.25) is 4.79 Å². The number of fused-ring (bicyclic) bond motifs is 1. The smallest absolute Gasteiger partial charge is 0.360 e. The van der Waals surface area contributed by atoms with Crippen molar-refractivity contribution >= 4 is 22.6 Å². The highest BCUT2D eigenvalue weighted by Crippen LogP contribution is 2.15. The van der Waals surface area contributed by atoms with Gasteiger partial charge < -0.3 is 9.73 Å². The number of carbonyl (C=O) groups is 1. The standard InChI is InChI=1S/C16H12N2O3/c1-10-5-4-7-12(17-10)15(19)18-13-9-11-6-2-3-8-14(11)21-16(13)20/h2-9H,1H3,(H,18,19). The Hall–Kier alpha value is -2.95. The molecule has 5 heteroatoms. The lowest BCUT2D eigenvalue weighted by atomic mass is 10.2. The van der Waals surface area contributed by atoms with Gasteiger partial charge in [-0.05, 0) is 31.2 Å². The number of nitrogens with one attached hydrogen (secondary N) is 1. The molecular weight excluding hydrogens is 268 g/mol. The van der Waals surface area contributed by atoms with E-state index in [0.717, 1.165) is 11.1 Å². The van der Waals surface area contributed by atoms with Gasteiger partial charge in [0.2, 0.25) is 0 Å². The second kappa shape index (κ2) is 5.20. The third-order valence-electron chi connectivity index (χ3n) is 3.01. The Morgan fingerprint density at radius 3 is 2.76 bits per heavy atom. The van der Waals surface area contributed by atoms with E-state index in [9.17, 15) is 9.59 Å². The number of aryl methyl sites for hydroxylation is 1. The number of aromatic nitrogens is 1. The van der Waals surface area contributed by atoms with Crippen LogP contribution in [0.25, 0.3) is 11.0 Å². The van der Waals surface area contributed by atoms with Crippen LogP contribution in [0.1, 0.15) is 16.2 Å². The van der Waals surface area contributed by atoms with E-state index in [2.05, 4.69) is 10.3 Å². The summed E-state index contributed by atoms with van der Waals surface area (Å²) in [6, 6.07) is 13.8. The largest absolute Gasteiger partial charge is 0.421 e. The maximum absolute atomic E-state index is 12.1. The molecule has 0 radical (unpaired) electrons. The van der Waals surface area contributed by atoms with Crippen molar-refractivity contribution in [2.45, 2.75) is 6.92 Å². The van der Waals surface area contributed by atoms with Crippen LogP contribution in [0.3, 0.4) is 0 Å². The third-order valence-corrected chi connectivity index (χ3v) is 3.01. The molecule has 1 amide bonds. The Bertz CT molecular complexity index is 884. The first-order valence-corrected chi connectivity index (χ1v) is 6.41. The van der Waals surface area contributed by atoms with Crippen LogP contribution >= 0.6 is 0 Å². The zero-order valence-corrected chi connectivity index (χ0v) is 11.3. The van der Waals surface area contributed by atoms with Crippen LogP contribution in [0.5, 0.6) is 0 Å². The van der Waals surface area contributed by atoms with E-state index in [1.165, 1.54) is 0 Å². The van der Waals surface area contributed by atoms with E-state index in [-0.39, 0.29) is 11.4 Å². The van der Waals surface area contributed by atoms with Gasteiger partial charge in [-0.1, -0.05) is 24.3 Å². The molecule has 2 heterocycles. The fourth-order valence-corrected chi connectivity index (χ4v) is 2.00. The van der Waals surface area contributed by atoms with Crippen molar-refractivity contribution in [1.29, 1.82) is 0 Å². The Morgan fingerprint density at radius 2 is 1.95 bits per heavy atom. The highest BCUT2D eigenvalue weighted by Gasteiger charge is 2.11. The van der Waals surface area contributed by atoms with Crippen molar-refractivity contribution in [1.82, 2.24) is 4.98 Å². The molecule has 0 aliphatic rings. The summed E-state index contributed by atoms with van der Waals surface area (Å²) in [5.41, 5.74) is 0.974. The van der Waals surface area contributed by atoms with E-state index in [4.69, 9.17) is 4.42 Å². The minimum Gasteiger partial charge on any atom is -0.421 e. The monoisotopic (exact) mass is 280 g/mol. The van der Waals surface area contributed by atoms with E-state index < -0.39 is 11.5 Å². The normalized spacial score (nSPS) is 10.5. The van der Waals surface area contributed by atoms with Crippen LogP contribution in [0.2, 0.25) is 0 Å². The van der Waals surface area contributed by atoms with Crippen LogP contribution in [-0.4, -0.2) is 10.9 Å². The Balaban J connectivity index is 1.96. The van der Waals surface area contributed by atoms with E-state index in [1.54, 1.807) is 49.4 Å². The number of hydrogen-bond acceptors (Lipinski definition) is 4. The molecule has 5 nitrogen and oxygen atoms in total. The van der Waals surface area contributed by atoms with Crippen molar-refractivity contribution in [2.24, 2.45) is 0 Å². The highest BCUT2D eigenvalue weighted by molar-refractivity contribution is 6.03. The molecule has 0 atom stereocenters. The maximum atomic E-state index is 12.1. The molecule has 0 fully saturated rings. The number of pyridine rings is 1. The summed E-state index contributed by atoms with van der Waals surface area (Å²) in [5.74, 6) is -0.443. The number of para-hydroxylation sites is 1. The Labute approximate surface area is 120 Å². The number of nitrogens with zero attached hydrogens (tertiary/aromatic N) is 1. The summed E-state index contributed by atoms with van der Waals surface area (Å²) in [6.07, 6.45) is 0. The van der Waals surface area contributed by atoms with Crippen LogP contribution < -0.4 is 10.9 Å². The fraction of sp³-hybridized carbons (Fsp3) is 0.0625. The molecule has 104 valence electrons. The topological polar surface area (TPSA) is 72.2 Å². The molecule has 1 N–H and O–H groups in total. The van der Waals surface area contributed by atoms with Crippen molar-refractivity contribution < 1.29 is 9.21 Å². The Morgan fingerprint density at radius 1 is 1.14 bits per heavy atom. The quantitative estimate of drug-likeness (QED) is 0.733. The first kappa shape index (κ1) is 13.1. The average molecular weight is 280 g/mol. The molecule has 21 heavy (non-hydrogen) atoms. The van der Waals surface area contributed by atoms with Gasteiger partial charge in [0.25, 0.3) is 5.91 Å². The molecule has 0 aliphatic carbocycles. The zero-order chi connectivity index (χ0) is 14.8. The van der Waals surface area contributed by atoms with Crippen molar-refractivity contribution in [3.63, 3.8) is 0 Å². The molecule has 0 saturated carbocycles. The summed E-state index contributed by atoms with van der Waals surface area (Å²) in [7, 11) is 0. The van der Waals surface area contributed by atoms with Crippen LogP contribution in [0.4, 0.5) is 5.69 Å². The van der Waals surface area contributed by atoms with Crippen LogP contribution in [0, 0.1) is 6.92 Å². The summed E-state index contributed by atoms with van der Waals surface area (Å²) < 4.78 is 5.16. The molecule has 0 bridgehead atoms. The lowest BCUT2D eigenvalue weighted by Crippen LogP contribution is -2.19. The lowest BCUT2D eigenvalue weighted by Gasteiger charge is -2.05. The third kappa shape index (κ3) is 2.67. The summed E-state index contributed by atoms with van der Waals surface area (Å²) in [4.78, 5) is 28.1.